The van der Waals surface area contributed by atoms with Gasteiger partial charge in [0.25, 0.3) is 0 Å². The molecule has 0 amide bonds. The largest absolute Gasteiger partial charge is 0.340 e. The van der Waals surface area contributed by atoms with Gasteiger partial charge in [-0.1, -0.05) is 54.1 Å². The molecule has 0 bridgehead atoms. The second-order valence-electron chi connectivity index (χ2n) is 7.02. The number of nitrogens with zero attached hydrogens (tertiary/aromatic N) is 3. The lowest BCUT2D eigenvalue weighted by Crippen LogP contribution is -2.20. The predicted molar refractivity (Wildman–Crippen MR) is 111 cm³/mol. The quantitative estimate of drug-likeness (QED) is 0.620. The first-order chi connectivity index (χ1) is 13.1. The summed E-state index contributed by atoms with van der Waals surface area (Å²) in [5.41, 5.74) is 8.16. The molecule has 3 nitrogen and oxygen atoms in total. The lowest BCUT2D eigenvalue weighted by molar-refractivity contribution is 0.456. The molecule has 134 valence electrons. The van der Waals surface area contributed by atoms with E-state index in [-0.39, 0.29) is 0 Å². The Labute approximate surface area is 161 Å². The van der Waals surface area contributed by atoms with Gasteiger partial charge in [0.15, 0.2) is 0 Å². The molecule has 2 aromatic carbocycles. The molecule has 2 radical (unpaired) electrons. The second kappa shape index (κ2) is 7.28. The van der Waals surface area contributed by atoms with Gasteiger partial charge in [-0.2, -0.15) is 0 Å². The molecule has 0 unspecified atom stereocenters. The van der Waals surface area contributed by atoms with Crippen LogP contribution in [0.4, 0.5) is 5.69 Å². The van der Waals surface area contributed by atoms with Crippen LogP contribution in [0.5, 0.6) is 0 Å². The van der Waals surface area contributed by atoms with Gasteiger partial charge in [-0.05, 0) is 44.0 Å². The molecule has 3 aromatic rings. The van der Waals surface area contributed by atoms with Crippen molar-refractivity contribution in [2.24, 2.45) is 0 Å². The Bertz CT molecular complexity index is 953. The van der Waals surface area contributed by atoms with Crippen molar-refractivity contribution < 1.29 is 0 Å². The monoisotopic (exact) mass is 353 g/mol. The van der Waals surface area contributed by atoms with Crippen LogP contribution in [-0.2, 0) is 6.54 Å². The number of hydrogen-bond donors (Lipinski definition) is 0. The van der Waals surface area contributed by atoms with Gasteiger partial charge in [-0.25, -0.2) is 0 Å². The summed E-state index contributed by atoms with van der Waals surface area (Å²) in [5, 5.41) is 0. The maximum atomic E-state index is 4.82. The molecule has 0 N–H and O–H groups in total. The van der Waals surface area contributed by atoms with Gasteiger partial charge < -0.3 is 9.80 Å². The SMILES string of the molecule is Cc1cc(C)c(N2[C]N(Cc3cccc(-c4ccccc4)n3)C=C2)c(C)c1. The Morgan fingerprint density at radius 3 is 2.33 bits per heavy atom. The molecule has 4 rings (SSSR count). The maximum Gasteiger partial charge on any atom is 0.213 e. The molecule has 3 heteroatoms. The minimum absolute atomic E-state index is 0.692. The van der Waals surface area contributed by atoms with E-state index in [1.807, 2.05) is 18.2 Å². The second-order valence-corrected chi connectivity index (χ2v) is 7.02. The zero-order chi connectivity index (χ0) is 18.8. The third-order valence-electron chi connectivity index (χ3n) is 4.72. The van der Waals surface area contributed by atoms with Crippen molar-refractivity contribution in [2.75, 3.05) is 4.90 Å². The third kappa shape index (κ3) is 3.72. The van der Waals surface area contributed by atoms with Crippen LogP contribution < -0.4 is 4.90 Å². The van der Waals surface area contributed by atoms with Crippen LogP contribution in [-0.4, -0.2) is 9.88 Å². The third-order valence-corrected chi connectivity index (χ3v) is 4.72. The number of pyridine rings is 1. The normalized spacial score (nSPS) is 13.4. The highest BCUT2D eigenvalue weighted by Gasteiger charge is 2.20. The van der Waals surface area contributed by atoms with Crippen LogP contribution in [0.3, 0.4) is 0 Å². The van der Waals surface area contributed by atoms with E-state index in [2.05, 4.69) is 92.1 Å². The summed E-state index contributed by atoms with van der Waals surface area (Å²) in [6, 6.07) is 20.9. The molecule has 0 atom stereocenters. The summed E-state index contributed by atoms with van der Waals surface area (Å²) >= 11 is 0. The Balaban J connectivity index is 1.49. The Kier molecular flexibility index (Phi) is 4.68. The van der Waals surface area contributed by atoms with Gasteiger partial charge in [-0.15, -0.1) is 0 Å². The minimum atomic E-state index is 0.692. The summed E-state index contributed by atoms with van der Waals surface area (Å²) in [4.78, 5) is 8.94. The molecule has 0 fully saturated rings. The fraction of sp³-hybridized carbons (Fsp3) is 0.167. The highest BCUT2D eigenvalue weighted by Crippen LogP contribution is 2.31. The van der Waals surface area contributed by atoms with E-state index >= 15 is 0 Å². The summed E-state index contributed by atoms with van der Waals surface area (Å²) < 4.78 is 0. The summed E-state index contributed by atoms with van der Waals surface area (Å²) in [7, 11) is 0. The van der Waals surface area contributed by atoms with E-state index in [1.54, 1.807) is 0 Å². The van der Waals surface area contributed by atoms with Gasteiger partial charge in [0.1, 0.15) is 0 Å². The molecule has 2 heterocycles. The van der Waals surface area contributed by atoms with E-state index in [4.69, 9.17) is 4.98 Å². The van der Waals surface area contributed by atoms with Crippen molar-refractivity contribution in [2.45, 2.75) is 27.3 Å². The van der Waals surface area contributed by atoms with Gasteiger partial charge in [0.2, 0.25) is 6.67 Å². The van der Waals surface area contributed by atoms with E-state index in [0.29, 0.717) is 6.54 Å². The maximum absolute atomic E-state index is 4.82. The molecule has 0 spiro atoms. The number of aryl methyl sites for hydroxylation is 3. The van der Waals surface area contributed by atoms with Crippen molar-refractivity contribution in [1.29, 1.82) is 0 Å². The van der Waals surface area contributed by atoms with Crippen LogP contribution in [0.2, 0.25) is 0 Å². The fourth-order valence-corrected chi connectivity index (χ4v) is 3.63. The number of aromatic nitrogens is 1. The Hall–Kier alpha value is -3.07. The van der Waals surface area contributed by atoms with E-state index < -0.39 is 0 Å². The number of anilines is 1. The molecule has 0 aliphatic carbocycles. The van der Waals surface area contributed by atoms with Crippen LogP contribution in [0.1, 0.15) is 22.4 Å². The van der Waals surface area contributed by atoms with Crippen molar-refractivity contribution in [3.63, 3.8) is 0 Å². The first kappa shape index (κ1) is 17.3. The molecule has 1 aliphatic heterocycles. The Morgan fingerprint density at radius 1 is 0.852 bits per heavy atom. The van der Waals surface area contributed by atoms with E-state index in [1.165, 1.54) is 22.4 Å². The van der Waals surface area contributed by atoms with Gasteiger partial charge in [-0.3, -0.25) is 4.98 Å². The number of hydrogen-bond acceptors (Lipinski definition) is 3. The van der Waals surface area contributed by atoms with Crippen LogP contribution in [0, 0.1) is 27.4 Å². The first-order valence-electron chi connectivity index (χ1n) is 9.20. The van der Waals surface area contributed by atoms with Crippen molar-refractivity contribution in [3.05, 3.63) is 102 Å². The smallest absolute Gasteiger partial charge is 0.213 e. The van der Waals surface area contributed by atoms with Crippen LogP contribution >= 0.6 is 0 Å². The van der Waals surface area contributed by atoms with Crippen LogP contribution in [0.25, 0.3) is 11.3 Å². The Morgan fingerprint density at radius 2 is 1.59 bits per heavy atom. The highest BCUT2D eigenvalue weighted by molar-refractivity contribution is 5.64. The molecule has 27 heavy (non-hydrogen) atoms. The zero-order valence-electron chi connectivity index (χ0n) is 16.0. The van der Waals surface area contributed by atoms with Gasteiger partial charge in [0.05, 0.1) is 17.9 Å². The average molecular weight is 353 g/mol. The number of rotatable bonds is 4. The van der Waals surface area contributed by atoms with E-state index in [9.17, 15) is 0 Å². The highest BCUT2D eigenvalue weighted by atomic mass is 15.3. The van der Waals surface area contributed by atoms with Gasteiger partial charge in [0, 0.05) is 23.7 Å². The molecule has 0 saturated heterocycles. The summed E-state index contributed by atoms with van der Waals surface area (Å²) in [5.74, 6) is 0. The molecular formula is C24H23N3. The van der Waals surface area contributed by atoms with E-state index in [0.717, 1.165) is 17.0 Å². The molecule has 0 saturated carbocycles. The van der Waals surface area contributed by atoms with Crippen molar-refractivity contribution >= 4 is 5.69 Å². The average Bonchev–Trinajstić information content (AvgIpc) is 3.10. The lowest BCUT2D eigenvalue weighted by Gasteiger charge is -2.22. The summed E-state index contributed by atoms with van der Waals surface area (Å²) in [6.45, 7) is 10.6. The predicted octanol–water partition coefficient (Wildman–Crippen LogP) is 5.46. The standard InChI is InChI=1S/C24H23N3/c1-18-14-19(2)24(20(3)15-18)27-13-12-26(17-27)16-22-10-7-11-23(25-22)21-8-5-4-6-9-21/h4-15H,16H2,1-3H3. The van der Waals surface area contributed by atoms with Gasteiger partial charge >= 0.3 is 0 Å². The number of benzene rings is 2. The molecule has 1 aliphatic rings. The molecule has 1 aromatic heterocycles. The fourth-order valence-electron chi connectivity index (χ4n) is 3.63. The summed E-state index contributed by atoms with van der Waals surface area (Å²) in [6.07, 6.45) is 4.11. The topological polar surface area (TPSA) is 19.4 Å². The first-order valence-corrected chi connectivity index (χ1v) is 9.20. The van der Waals surface area contributed by atoms with Crippen LogP contribution in [0.15, 0.2) is 73.1 Å². The van der Waals surface area contributed by atoms with Crippen molar-refractivity contribution in [1.82, 2.24) is 9.88 Å². The molecular weight excluding hydrogens is 330 g/mol. The zero-order valence-corrected chi connectivity index (χ0v) is 16.0. The lowest BCUT2D eigenvalue weighted by atomic mass is 10.0. The van der Waals surface area contributed by atoms with Crippen molar-refractivity contribution in [3.8, 4) is 11.3 Å². The minimum Gasteiger partial charge on any atom is -0.340 e.